The Kier molecular flexibility index (Phi) is 5.71. The van der Waals surface area contributed by atoms with Crippen molar-refractivity contribution < 1.29 is 9.18 Å². The number of hydrogen-bond acceptors (Lipinski definition) is 3. The van der Waals surface area contributed by atoms with E-state index in [9.17, 15) is 9.18 Å². The van der Waals surface area contributed by atoms with Gasteiger partial charge in [-0.3, -0.25) is 4.90 Å². The lowest BCUT2D eigenvalue weighted by Gasteiger charge is -2.34. The molecule has 7 heteroatoms. The number of nitrogens with zero attached hydrogens (tertiary/aromatic N) is 2. The van der Waals surface area contributed by atoms with E-state index in [1.165, 1.54) is 17.0 Å². The van der Waals surface area contributed by atoms with Crippen molar-refractivity contribution in [3.05, 3.63) is 57.0 Å². The Labute approximate surface area is 149 Å². The number of nitrogens with one attached hydrogen (secondary N) is 1. The smallest absolute Gasteiger partial charge is 0.317 e. The number of urea groups is 1. The molecule has 1 N–H and O–H groups in total. The molecule has 0 spiro atoms. The number of thiophene rings is 1. The fourth-order valence-corrected chi connectivity index (χ4v) is 3.79. The molecular weight excluding hydrogens is 349 g/mol. The summed E-state index contributed by atoms with van der Waals surface area (Å²) in [4.78, 5) is 17.6. The van der Waals surface area contributed by atoms with Gasteiger partial charge in [0.05, 0.1) is 4.34 Å². The van der Waals surface area contributed by atoms with Crippen LogP contribution in [0, 0.1) is 5.82 Å². The number of carbonyl (C=O) groups excluding carboxylic acids is 1. The number of rotatable bonds is 4. The van der Waals surface area contributed by atoms with Crippen molar-refractivity contribution in [2.45, 2.75) is 13.1 Å². The SMILES string of the molecule is O=C(NCc1ccc(F)cc1)N1CCN(Cc2ccc(Cl)s2)CC1. The number of piperazine rings is 1. The second kappa shape index (κ2) is 7.96. The van der Waals surface area contributed by atoms with Crippen LogP contribution in [-0.2, 0) is 13.1 Å². The average Bonchev–Trinajstić information content (AvgIpc) is 2.99. The molecule has 2 aromatic rings. The lowest BCUT2D eigenvalue weighted by molar-refractivity contribution is 0.135. The first-order valence-electron chi connectivity index (χ1n) is 7.84. The highest BCUT2D eigenvalue weighted by molar-refractivity contribution is 7.16. The zero-order chi connectivity index (χ0) is 16.9. The zero-order valence-electron chi connectivity index (χ0n) is 13.2. The molecule has 0 atom stereocenters. The second-order valence-corrected chi connectivity index (χ2v) is 7.55. The monoisotopic (exact) mass is 367 g/mol. The van der Waals surface area contributed by atoms with Gasteiger partial charge in [-0.1, -0.05) is 23.7 Å². The van der Waals surface area contributed by atoms with Gasteiger partial charge in [0, 0.05) is 44.1 Å². The predicted molar refractivity (Wildman–Crippen MR) is 94.8 cm³/mol. The fraction of sp³-hybridized carbons (Fsp3) is 0.353. The molecule has 24 heavy (non-hydrogen) atoms. The third kappa shape index (κ3) is 4.69. The summed E-state index contributed by atoms with van der Waals surface area (Å²) in [5.74, 6) is -0.270. The average molecular weight is 368 g/mol. The first-order chi connectivity index (χ1) is 11.6. The standard InChI is InChI=1S/C17H19ClFN3OS/c18-16-6-5-15(24-16)12-21-7-9-22(10-8-21)17(23)20-11-13-1-3-14(19)4-2-13/h1-6H,7-12H2,(H,20,23). The minimum atomic E-state index is -0.270. The summed E-state index contributed by atoms with van der Waals surface area (Å²) < 4.78 is 13.7. The molecule has 1 saturated heterocycles. The van der Waals surface area contributed by atoms with E-state index >= 15 is 0 Å². The van der Waals surface area contributed by atoms with E-state index in [0.29, 0.717) is 19.6 Å². The molecule has 1 aromatic carbocycles. The van der Waals surface area contributed by atoms with Gasteiger partial charge in [-0.05, 0) is 29.8 Å². The summed E-state index contributed by atoms with van der Waals surface area (Å²) in [7, 11) is 0. The molecule has 2 heterocycles. The Bertz CT molecular complexity index is 683. The third-order valence-corrected chi connectivity index (χ3v) is 5.24. The molecule has 1 fully saturated rings. The summed E-state index contributed by atoms with van der Waals surface area (Å²) in [5, 5.41) is 2.89. The van der Waals surface area contributed by atoms with E-state index in [2.05, 4.69) is 16.3 Å². The summed E-state index contributed by atoms with van der Waals surface area (Å²) >= 11 is 7.55. The second-order valence-electron chi connectivity index (χ2n) is 5.75. The van der Waals surface area contributed by atoms with E-state index in [1.54, 1.807) is 23.5 Å². The normalized spacial score (nSPS) is 15.5. The van der Waals surface area contributed by atoms with E-state index in [4.69, 9.17) is 11.6 Å². The largest absolute Gasteiger partial charge is 0.334 e. The van der Waals surface area contributed by atoms with Crippen molar-refractivity contribution in [1.82, 2.24) is 15.1 Å². The van der Waals surface area contributed by atoms with Crippen molar-refractivity contribution >= 4 is 29.0 Å². The Morgan fingerprint density at radius 2 is 1.83 bits per heavy atom. The molecule has 1 aliphatic heterocycles. The zero-order valence-corrected chi connectivity index (χ0v) is 14.7. The minimum absolute atomic E-state index is 0.0712. The van der Waals surface area contributed by atoms with Gasteiger partial charge < -0.3 is 10.2 Å². The molecule has 4 nitrogen and oxygen atoms in total. The molecule has 0 bridgehead atoms. The Morgan fingerprint density at radius 3 is 2.46 bits per heavy atom. The Balaban J connectivity index is 1.42. The topological polar surface area (TPSA) is 35.6 Å². The third-order valence-electron chi connectivity index (χ3n) is 4.02. The minimum Gasteiger partial charge on any atom is -0.334 e. The van der Waals surface area contributed by atoms with Gasteiger partial charge in [0.15, 0.2) is 0 Å². The maximum Gasteiger partial charge on any atom is 0.317 e. The maximum absolute atomic E-state index is 12.9. The number of carbonyl (C=O) groups is 1. The van der Waals surface area contributed by atoms with E-state index < -0.39 is 0 Å². The van der Waals surface area contributed by atoms with Crippen LogP contribution in [0.3, 0.4) is 0 Å². The summed E-state index contributed by atoms with van der Waals surface area (Å²) in [6.07, 6.45) is 0. The molecule has 1 aromatic heterocycles. The molecule has 128 valence electrons. The lowest BCUT2D eigenvalue weighted by atomic mass is 10.2. The van der Waals surface area contributed by atoms with Crippen LogP contribution in [0.15, 0.2) is 36.4 Å². The van der Waals surface area contributed by atoms with E-state index in [0.717, 1.165) is 29.5 Å². The van der Waals surface area contributed by atoms with Crippen LogP contribution in [0.2, 0.25) is 4.34 Å². The van der Waals surface area contributed by atoms with Crippen molar-refractivity contribution in [2.75, 3.05) is 26.2 Å². The molecule has 3 rings (SSSR count). The number of amides is 2. The Morgan fingerprint density at radius 1 is 1.12 bits per heavy atom. The van der Waals surface area contributed by atoms with Gasteiger partial charge in [0.2, 0.25) is 0 Å². The van der Waals surface area contributed by atoms with Gasteiger partial charge in [-0.15, -0.1) is 11.3 Å². The van der Waals surface area contributed by atoms with Crippen LogP contribution in [0.1, 0.15) is 10.4 Å². The number of benzene rings is 1. The first kappa shape index (κ1) is 17.2. The van der Waals surface area contributed by atoms with Crippen LogP contribution in [0.25, 0.3) is 0 Å². The maximum atomic E-state index is 12.9. The molecule has 0 unspecified atom stereocenters. The Hall–Kier alpha value is -1.63. The summed E-state index contributed by atoms with van der Waals surface area (Å²) in [6.45, 7) is 4.39. The number of halogens is 2. The lowest BCUT2D eigenvalue weighted by Crippen LogP contribution is -2.51. The highest BCUT2D eigenvalue weighted by Gasteiger charge is 2.21. The highest BCUT2D eigenvalue weighted by Crippen LogP contribution is 2.23. The summed E-state index contributed by atoms with van der Waals surface area (Å²) in [6, 6.07) is 10.1. The van der Waals surface area contributed by atoms with Crippen molar-refractivity contribution in [1.29, 1.82) is 0 Å². The molecular formula is C17H19ClFN3OS. The first-order valence-corrected chi connectivity index (χ1v) is 9.03. The van der Waals surface area contributed by atoms with Crippen molar-refractivity contribution in [3.63, 3.8) is 0 Å². The summed E-state index contributed by atoms with van der Waals surface area (Å²) in [5.41, 5.74) is 0.887. The van der Waals surface area contributed by atoms with Crippen LogP contribution in [-0.4, -0.2) is 42.0 Å². The van der Waals surface area contributed by atoms with Gasteiger partial charge in [0.1, 0.15) is 5.82 Å². The quantitative estimate of drug-likeness (QED) is 0.896. The van der Waals surface area contributed by atoms with Gasteiger partial charge in [0.25, 0.3) is 0 Å². The van der Waals surface area contributed by atoms with Gasteiger partial charge in [-0.25, -0.2) is 9.18 Å². The van der Waals surface area contributed by atoms with Crippen molar-refractivity contribution in [3.8, 4) is 0 Å². The number of hydrogen-bond donors (Lipinski definition) is 1. The van der Waals surface area contributed by atoms with Crippen LogP contribution < -0.4 is 5.32 Å². The van der Waals surface area contributed by atoms with Crippen molar-refractivity contribution in [2.24, 2.45) is 0 Å². The predicted octanol–water partition coefficient (Wildman–Crippen LogP) is 3.57. The highest BCUT2D eigenvalue weighted by atomic mass is 35.5. The molecule has 0 aliphatic carbocycles. The van der Waals surface area contributed by atoms with Crippen LogP contribution >= 0.6 is 22.9 Å². The van der Waals surface area contributed by atoms with E-state index in [1.807, 2.05) is 11.0 Å². The molecule has 2 amide bonds. The van der Waals surface area contributed by atoms with Gasteiger partial charge >= 0.3 is 6.03 Å². The molecule has 0 saturated carbocycles. The fourth-order valence-electron chi connectivity index (χ4n) is 2.66. The van der Waals surface area contributed by atoms with Gasteiger partial charge in [-0.2, -0.15) is 0 Å². The molecule has 0 radical (unpaired) electrons. The van der Waals surface area contributed by atoms with Crippen LogP contribution in [0.5, 0.6) is 0 Å². The van der Waals surface area contributed by atoms with E-state index in [-0.39, 0.29) is 11.8 Å². The molecule has 1 aliphatic rings. The van der Waals surface area contributed by atoms with Crippen LogP contribution in [0.4, 0.5) is 9.18 Å².